The molecule has 1 aliphatic rings. The highest BCUT2D eigenvalue weighted by molar-refractivity contribution is 6.01. The van der Waals surface area contributed by atoms with Crippen molar-refractivity contribution in [3.8, 4) is 0 Å². The van der Waals surface area contributed by atoms with E-state index in [0.29, 0.717) is 6.04 Å². The van der Waals surface area contributed by atoms with Gasteiger partial charge in [-0.3, -0.25) is 4.79 Å². The fraction of sp³-hybridized carbons (Fsp3) is 0.833. The number of nitrogens with two attached hydrogens (primary N) is 1. The summed E-state index contributed by atoms with van der Waals surface area (Å²) in [4.78, 5) is 14.2. The molecule has 1 fully saturated rings. The number of likely N-dealkylation sites (tertiary alicyclic amines) is 1. The molecule has 1 aliphatic heterocycles. The summed E-state index contributed by atoms with van der Waals surface area (Å²) in [5.41, 5.74) is 5.50. The molecule has 5 heteroatoms. The van der Waals surface area contributed by atoms with E-state index < -0.39 is 5.92 Å². The van der Waals surface area contributed by atoms with E-state index in [1.807, 2.05) is 4.90 Å². The predicted molar refractivity (Wildman–Crippen MR) is 66.8 cm³/mol. The summed E-state index contributed by atoms with van der Waals surface area (Å²) >= 11 is 0. The van der Waals surface area contributed by atoms with Crippen molar-refractivity contribution < 1.29 is 10.0 Å². The van der Waals surface area contributed by atoms with Crippen molar-refractivity contribution in [3.05, 3.63) is 0 Å². The summed E-state index contributed by atoms with van der Waals surface area (Å²) < 4.78 is 0. The van der Waals surface area contributed by atoms with Gasteiger partial charge in [-0.25, -0.2) is 0 Å². The molecule has 1 amide bonds. The van der Waals surface area contributed by atoms with Crippen LogP contribution in [0.2, 0.25) is 0 Å². The summed E-state index contributed by atoms with van der Waals surface area (Å²) in [6.07, 6.45) is 5.42. The molecule has 2 atom stereocenters. The van der Waals surface area contributed by atoms with Gasteiger partial charge in [0, 0.05) is 12.6 Å². The van der Waals surface area contributed by atoms with Gasteiger partial charge in [0.2, 0.25) is 5.91 Å². The lowest BCUT2D eigenvalue weighted by atomic mass is 9.96. The van der Waals surface area contributed by atoms with Crippen LogP contribution in [0.15, 0.2) is 5.16 Å². The Bertz CT molecular complexity index is 289. The van der Waals surface area contributed by atoms with Crippen LogP contribution in [0, 0.1) is 5.92 Å². The molecular weight excluding hydrogens is 218 g/mol. The van der Waals surface area contributed by atoms with E-state index in [-0.39, 0.29) is 11.7 Å². The molecule has 3 N–H and O–H groups in total. The average molecular weight is 241 g/mol. The van der Waals surface area contributed by atoms with E-state index in [4.69, 9.17) is 10.9 Å². The lowest BCUT2D eigenvalue weighted by molar-refractivity contribution is -0.136. The Kier molecular flexibility index (Phi) is 5.25. The van der Waals surface area contributed by atoms with Gasteiger partial charge in [0.05, 0.1) is 5.92 Å². The van der Waals surface area contributed by atoms with E-state index in [0.717, 1.165) is 32.2 Å². The molecule has 0 aliphatic carbocycles. The minimum absolute atomic E-state index is 0.00387. The third kappa shape index (κ3) is 3.35. The van der Waals surface area contributed by atoms with Crippen molar-refractivity contribution in [3.63, 3.8) is 0 Å². The van der Waals surface area contributed by atoms with Gasteiger partial charge in [-0.2, -0.15) is 0 Å². The molecular formula is C12H23N3O2. The molecule has 1 heterocycles. The van der Waals surface area contributed by atoms with Crippen LogP contribution < -0.4 is 5.73 Å². The second-order valence-corrected chi connectivity index (χ2v) is 4.72. The highest BCUT2D eigenvalue weighted by Crippen LogP contribution is 2.22. The number of rotatable bonds is 4. The topological polar surface area (TPSA) is 78.9 Å². The quantitative estimate of drug-likeness (QED) is 0.339. The molecule has 0 spiro atoms. The molecule has 0 aromatic heterocycles. The number of amidine groups is 1. The zero-order chi connectivity index (χ0) is 12.8. The van der Waals surface area contributed by atoms with E-state index in [1.54, 1.807) is 6.92 Å². The largest absolute Gasteiger partial charge is 0.409 e. The maximum absolute atomic E-state index is 12.2. The summed E-state index contributed by atoms with van der Waals surface area (Å²) in [7, 11) is 0. The van der Waals surface area contributed by atoms with Crippen LogP contribution in [-0.4, -0.2) is 34.4 Å². The number of amides is 1. The summed E-state index contributed by atoms with van der Waals surface area (Å²) in [6.45, 7) is 4.62. The van der Waals surface area contributed by atoms with Crippen LogP contribution in [0.3, 0.4) is 0 Å². The maximum atomic E-state index is 12.2. The van der Waals surface area contributed by atoms with Crippen molar-refractivity contribution in [1.29, 1.82) is 0 Å². The normalized spacial score (nSPS) is 23.5. The van der Waals surface area contributed by atoms with Gasteiger partial charge in [0.1, 0.15) is 0 Å². The van der Waals surface area contributed by atoms with E-state index in [9.17, 15) is 4.79 Å². The van der Waals surface area contributed by atoms with Crippen LogP contribution in [0.5, 0.6) is 0 Å². The zero-order valence-corrected chi connectivity index (χ0v) is 10.7. The average Bonchev–Trinajstić information content (AvgIpc) is 2.37. The highest BCUT2D eigenvalue weighted by Gasteiger charge is 2.30. The molecule has 5 nitrogen and oxygen atoms in total. The molecule has 1 saturated heterocycles. The predicted octanol–water partition coefficient (Wildman–Crippen LogP) is 1.55. The second-order valence-electron chi connectivity index (χ2n) is 4.72. The summed E-state index contributed by atoms with van der Waals surface area (Å²) in [5.74, 6) is -0.549. The summed E-state index contributed by atoms with van der Waals surface area (Å²) in [6, 6.07) is 0.329. The standard InChI is InChI=1S/C12H23N3O2/c1-3-6-10-7-4-5-8-15(10)12(16)9(2)11(13)14-17/h9-10,17H,3-8H2,1-2H3,(H2,13,14). The molecule has 0 aromatic rings. The lowest BCUT2D eigenvalue weighted by Crippen LogP contribution is -2.48. The molecule has 98 valence electrons. The molecule has 0 saturated carbocycles. The minimum atomic E-state index is -0.530. The van der Waals surface area contributed by atoms with E-state index >= 15 is 0 Å². The van der Waals surface area contributed by atoms with Crippen LogP contribution in [0.4, 0.5) is 0 Å². The fourth-order valence-corrected chi connectivity index (χ4v) is 2.39. The monoisotopic (exact) mass is 241 g/mol. The molecule has 17 heavy (non-hydrogen) atoms. The lowest BCUT2D eigenvalue weighted by Gasteiger charge is -2.37. The number of piperidine rings is 1. The number of oxime groups is 1. The van der Waals surface area contributed by atoms with Gasteiger partial charge in [-0.15, -0.1) is 0 Å². The van der Waals surface area contributed by atoms with E-state index in [1.165, 1.54) is 6.42 Å². The van der Waals surface area contributed by atoms with Crippen molar-refractivity contribution in [2.24, 2.45) is 16.8 Å². The van der Waals surface area contributed by atoms with Crippen molar-refractivity contribution in [2.75, 3.05) is 6.54 Å². The Labute approximate surface area is 103 Å². The van der Waals surface area contributed by atoms with Gasteiger partial charge in [-0.1, -0.05) is 18.5 Å². The first kappa shape index (κ1) is 13.8. The van der Waals surface area contributed by atoms with Crippen molar-refractivity contribution >= 4 is 11.7 Å². The van der Waals surface area contributed by atoms with Crippen LogP contribution in [0.1, 0.15) is 46.0 Å². The Morgan fingerprint density at radius 2 is 2.29 bits per heavy atom. The second kappa shape index (κ2) is 6.47. The van der Waals surface area contributed by atoms with Crippen LogP contribution >= 0.6 is 0 Å². The minimum Gasteiger partial charge on any atom is -0.409 e. The van der Waals surface area contributed by atoms with Gasteiger partial charge in [0.25, 0.3) is 0 Å². The van der Waals surface area contributed by atoms with Gasteiger partial charge >= 0.3 is 0 Å². The molecule has 0 radical (unpaired) electrons. The Hall–Kier alpha value is -1.26. The highest BCUT2D eigenvalue weighted by atomic mass is 16.4. The first-order valence-corrected chi connectivity index (χ1v) is 6.39. The number of carbonyl (C=O) groups is 1. The van der Waals surface area contributed by atoms with Crippen molar-refractivity contribution in [2.45, 2.75) is 52.0 Å². The Morgan fingerprint density at radius 1 is 1.59 bits per heavy atom. The van der Waals surface area contributed by atoms with Crippen LogP contribution in [0.25, 0.3) is 0 Å². The van der Waals surface area contributed by atoms with Gasteiger partial charge in [0.15, 0.2) is 5.84 Å². The third-order valence-electron chi connectivity index (χ3n) is 3.46. The Balaban J connectivity index is 2.70. The summed E-state index contributed by atoms with van der Waals surface area (Å²) in [5, 5.41) is 11.5. The third-order valence-corrected chi connectivity index (χ3v) is 3.46. The number of hydrogen-bond acceptors (Lipinski definition) is 3. The van der Waals surface area contributed by atoms with Crippen LogP contribution in [-0.2, 0) is 4.79 Å². The van der Waals surface area contributed by atoms with Gasteiger partial charge < -0.3 is 15.8 Å². The van der Waals surface area contributed by atoms with Crippen molar-refractivity contribution in [1.82, 2.24) is 4.90 Å². The zero-order valence-electron chi connectivity index (χ0n) is 10.7. The molecule has 0 bridgehead atoms. The van der Waals surface area contributed by atoms with Gasteiger partial charge in [-0.05, 0) is 32.6 Å². The Morgan fingerprint density at radius 3 is 2.88 bits per heavy atom. The number of hydrogen-bond donors (Lipinski definition) is 2. The molecule has 1 rings (SSSR count). The first-order chi connectivity index (χ1) is 8.11. The SMILES string of the molecule is CCCC1CCCCN1C(=O)C(C)C(N)=NO. The molecule has 0 aromatic carbocycles. The smallest absolute Gasteiger partial charge is 0.233 e. The molecule has 2 unspecified atom stereocenters. The van der Waals surface area contributed by atoms with E-state index in [2.05, 4.69) is 12.1 Å². The fourth-order valence-electron chi connectivity index (χ4n) is 2.39. The number of carbonyl (C=O) groups excluding carboxylic acids is 1. The number of nitrogens with zero attached hydrogens (tertiary/aromatic N) is 2. The first-order valence-electron chi connectivity index (χ1n) is 6.39. The maximum Gasteiger partial charge on any atom is 0.233 e.